The zero-order valence-corrected chi connectivity index (χ0v) is 20.9. The van der Waals surface area contributed by atoms with Gasteiger partial charge in [-0.25, -0.2) is 5.01 Å². The standard InChI is InChI=1S/C26H24Cl2N2O5/c1-14-5-4-6-20-22(14)26(34)30(25(20)33)29(24(32)19-12-9-17(27)13-21(19)28)15(2)23(31)16-7-10-18(35-3)11-8-16/h4-5,7-15,20,22H,6H2,1-3H3/t14-,15+,20-,22+/m1/s1. The van der Waals surface area contributed by atoms with Crippen molar-refractivity contribution in [1.29, 1.82) is 0 Å². The summed E-state index contributed by atoms with van der Waals surface area (Å²) >= 11 is 12.3. The van der Waals surface area contributed by atoms with Crippen LogP contribution in [0.5, 0.6) is 5.75 Å². The second kappa shape index (κ2) is 9.84. The Balaban J connectivity index is 1.77. The van der Waals surface area contributed by atoms with Crippen molar-refractivity contribution in [1.82, 2.24) is 10.0 Å². The molecule has 4 atom stereocenters. The van der Waals surface area contributed by atoms with Crippen LogP contribution in [0.2, 0.25) is 10.0 Å². The van der Waals surface area contributed by atoms with Gasteiger partial charge in [-0.3, -0.25) is 19.2 Å². The molecule has 4 rings (SSSR count). The molecule has 1 fully saturated rings. The molecular formula is C26H24Cl2N2O5. The Morgan fingerprint density at radius 3 is 2.37 bits per heavy atom. The number of imide groups is 1. The van der Waals surface area contributed by atoms with Crippen LogP contribution in [0, 0.1) is 17.8 Å². The van der Waals surface area contributed by atoms with E-state index in [9.17, 15) is 19.2 Å². The van der Waals surface area contributed by atoms with Gasteiger partial charge in [-0.05, 0) is 61.7 Å². The summed E-state index contributed by atoms with van der Waals surface area (Å²) in [4.78, 5) is 54.2. The molecule has 0 unspecified atom stereocenters. The average molecular weight is 515 g/mol. The highest BCUT2D eigenvalue weighted by Crippen LogP contribution is 2.40. The zero-order valence-electron chi connectivity index (χ0n) is 19.4. The van der Waals surface area contributed by atoms with Gasteiger partial charge >= 0.3 is 0 Å². The lowest BCUT2D eigenvalue weighted by molar-refractivity contribution is -0.156. The number of carbonyl (C=O) groups excluding carboxylic acids is 4. The molecule has 1 aliphatic heterocycles. The van der Waals surface area contributed by atoms with E-state index in [0.717, 1.165) is 10.0 Å². The normalized spacial score (nSPS) is 22.1. The largest absolute Gasteiger partial charge is 0.497 e. The SMILES string of the molecule is COc1ccc(C(=O)[C@H](C)N(C(=O)c2ccc(Cl)cc2Cl)N2C(=O)[C@H]3[C@H](C)C=CC[C@H]3C2=O)cc1. The van der Waals surface area contributed by atoms with Gasteiger partial charge in [0.05, 0.1) is 29.5 Å². The Morgan fingerprint density at radius 2 is 1.77 bits per heavy atom. The van der Waals surface area contributed by atoms with Gasteiger partial charge in [-0.15, -0.1) is 0 Å². The van der Waals surface area contributed by atoms with E-state index >= 15 is 0 Å². The third-order valence-electron chi connectivity index (χ3n) is 6.56. The number of ketones is 1. The van der Waals surface area contributed by atoms with Gasteiger partial charge < -0.3 is 4.74 Å². The predicted octanol–water partition coefficient (Wildman–Crippen LogP) is 4.83. The number of halogens is 2. The van der Waals surface area contributed by atoms with Crippen molar-refractivity contribution in [2.75, 3.05) is 7.11 Å². The molecule has 2 aliphatic rings. The molecule has 0 bridgehead atoms. The molecule has 1 heterocycles. The number of benzene rings is 2. The molecule has 7 nitrogen and oxygen atoms in total. The third kappa shape index (κ3) is 4.46. The molecule has 0 saturated carbocycles. The van der Waals surface area contributed by atoms with E-state index < -0.39 is 41.4 Å². The summed E-state index contributed by atoms with van der Waals surface area (Å²) in [5.41, 5.74) is 0.317. The number of fused-ring (bicyclic) bond motifs is 1. The maximum Gasteiger partial charge on any atom is 0.275 e. The van der Waals surface area contributed by atoms with Crippen LogP contribution in [0.4, 0.5) is 0 Å². The van der Waals surface area contributed by atoms with Gasteiger partial charge in [0.15, 0.2) is 5.78 Å². The van der Waals surface area contributed by atoms with Crippen LogP contribution < -0.4 is 4.74 Å². The van der Waals surface area contributed by atoms with Crippen LogP contribution in [-0.2, 0) is 9.59 Å². The monoisotopic (exact) mass is 514 g/mol. The lowest BCUT2D eigenvalue weighted by Gasteiger charge is -2.35. The number of amides is 3. The van der Waals surface area contributed by atoms with E-state index in [1.165, 1.54) is 32.2 Å². The highest BCUT2D eigenvalue weighted by Gasteiger charge is 2.54. The van der Waals surface area contributed by atoms with Crippen molar-refractivity contribution < 1.29 is 23.9 Å². The fourth-order valence-corrected chi connectivity index (χ4v) is 5.17. The van der Waals surface area contributed by atoms with Gasteiger partial charge in [-0.2, -0.15) is 5.01 Å². The minimum Gasteiger partial charge on any atom is -0.497 e. The molecule has 0 aromatic heterocycles. The maximum absolute atomic E-state index is 13.8. The summed E-state index contributed by atoms with van der Waals surface area (Å²) in [5, 5.41) is 2.15. The number of hydrogen-bond acceptors (Lipinski definition) is 5. The van der Waals surface area contributed by atoms with Crippen LogP contribution in [-0.4, -0.2) is 46.7 Å². The van der Waals surface area contributed by atoms with E-state index in [0.29, 0.717) is 22.8 Å². The maximum atomic E-state index is 13.8. The average Bonchev–Trinajstić information content (AvgIpc) is 3.09. The Kier molecular flexibility index (Phi) is 7.01. The molecular weight excluding hydrogens is 491 g/mol. The molecule has 35 heavy (non-hydrogen) atoms. The molecule has 0 N–H and O–H groups in total. The Labute approximate surface area is 213 Å². The third-order valence-corrected chi connectivity index (χ3v) is 7.10. The van der Waals surface area contributed by atoms with Crippen molar-refractivity contribution in [2.45, 2.75) is 26.3 Å². The molecule has 1 saturated heterocycles. The number of hydrazine groups is 1. The van der Waals surface area contributed by atoms with Crippen LogP contribution in [0.3, 0.4) is 0 Å². The number of rotatable bonds is 6. The van der Waals surface area contributed by atoms with Crippen molar-refractivity contribution in [3.63, 3.8) is 0 Å². The van der Waals surface area contributed by atoms with Gasteiger partial charge in [0, 0.05) is 10.6 Å². The quantitative estimate of drug-likeness (QED) is 0.313. The van der Waals surface area contributed by atoms with Crippen molar-refractivity contribution in [3.05, 3.63) is 75.8 Å². The van der Waals surface area contributed by atoms with E-state index in [2.05, 4.69) is 0 Å². The summed E-state index contributed by atoms with van der Waals surface area (Å²) in [5.74, 6) is -3.04. The Bertz CT molecular complexity index is 1230. The molecule has 2 aromatic rings. The summed E-state index contributed by atoms with van der Waals surface area (Å²) in [7, 11) is 1.51. The van der Waals surface area contributed by atoms with E-state index in [-0.39, 0.29) is 16.5 Å². The first-order chi connectivity index (χ1) is 16.6. The summed E-state index contributed by atoms with van der Waals surface area (Å²) < 4.78 is 5.14. The fourth-order valence-electron chi connectivity index (χ4n) is 4.68. The number of ether oxygens (including phenoxy) is 1. The minimum absolute atomic E-state index is 0.0205. The molecule has 2 aromatic carbocycles. The van der Waals surface area contributed by atoms with E-state index in [1.807, 2.05) is 19.1 Å². The highest BCUT2D eigenvalue weighted by atomic mass is 35.5. The second-order valence-electron chi connectivity index (χ2n) is 8.69. The van der Waals surface area contributed by atoms with Gasteiger partial charge in [0.2, 0.25) is 0 Å². The van der Waals surface area contributed by atoms with Crippen molar-refractivity contribution in [3.8, 4) is 5.75 Å². The smallest absolute Gasteiger partial charge is 0.275 e. The van der Waals surface area contributed by atoms with E-state index in [1.54, 1.807) is 24.3 Å². The zero-order chi connectivity index (χ0) is 25.4. The number of Topliss-reactive ketones (excluding diaryl/α,β-unsaturated/α-hetero) is 1. The number of nitrogens with zero attached hydrogens (tertiary/aromatic N) is 2. The lowest BCUT2D eigenvalue weighted by Crippen LogP contribution is -2.56. The first-order valence-electron chi connectivity index (χ1n) is 11.2. The van der Waals surface area contributed by atoms with Gasteiger partial charge in [0.25, 0.3) is 17.7 Å². The van der Waals surface area contributed by atoms with Crippen molar-refractivity contribution in [2.24, 2.45) is 17.8 Å². The molecule has 0 spiro atoms. The van der Waals surface area contributed by atoms with E-state index in [4.69, 9.17) is 27.9 Å². The van der Waals surface area contributed by atoms with Crippen molar-refractivity contribution >= 4 is 46.7 Å². The Morgan fingerprint density at radius 1 is 1.09 bits per heavy atom. The Hall–Kier alpha value is -3.16. The number of hydrogen-bond donors (Lipinski definition) is 0. The number of methoxy groups -OCH3 is 1. The predicted molar refractivity (Wildman–Crippen MR) is 131 cm³/mol. The van der Waals surface area contributed by atoms with Crippen LogP contribution in [0.25, 0.3) is 0 Å². The molecule has 0 radical (unpaired) electrons. The highest BCUT2D eigenvalue weighted by molar-refractivity contribution is 6.36. The van der Waals surface area contributed by atoms with Crippen LogP contribution >= 0.6 is 23.2 Å². The molecule has 9 heteroatoms. The number of carbonyl (C=O) groups is 4. The first-order valence-corrected chi connectivity index (χ1v) is 11.9. The second-order valence-corrected chi connectivity index (χ2v) is 9.53. The van der Waals surface area contributed by atoms with Gasteiger partial charge in [-0.1, -0.05) is 42.3 Å². The minimum atomic E-state index is -1.18. The summed E-state index contributed by atoms with van der Waals surface area (Å²) in [6, 6.07) is 9.47. The fraction of sp³-hybridized carbons (Fsp3) is 0.308. The summed E-state index contributed by atoms with van der Waals surface area (Å²) in [6.07, 6.45) is 4.15. The topological polar surface area (TPSA) is 84.0 Å². The summed E-state index contributed by atoms with van der Waals surface area (Å²) in [6.45, 7) is 3.34. The molecule has 3 amide bonds. The molecule has 182 valence electrons. The first kappa shape index (κ1) is 24.9. The molecule has 1 aliphatic carbocycles. The number of allylic oxidation sites excluding steroid dienone is 2. The van der Waals surface area contributed by atoms with Crippen LogP contribution in [0.15, 0.2) is 54.6 Å². The van der Waals surface area contributed by atoms with Crippen LogP contribution in [0.1, 0.15) is 41.0 Å². The lowest BCUT2D eigenvalue weighted by atomic mass is 9.78. The van der Waals surface area contributed by atoms with Gasteiger partial charge in [0.1, 0.15) is 11.8 Å².